The molecule has 0 aliphatic carbocycles. The quantitative estimate of drug-likeness (QED) is 0.162. The predicted octanol–water partition coefficient (Wildman–Crippen LogP) is 14.4. The molecule has 294 valence electrons. The third kappa shape index (κ3) is 4.49. The normalized spacial score (nSPS) is 12.0. The van der Waals surface area contributed by atoms with Gasteiger partial charge in [0.15, 0.2) is 0 Å². The van der Waals surface area contributed by atoms with E-state index in [2.05, 4.69) is 185 Å². The van der Waals surface area contributed by atoms with E-state index in [0.717, 1.165) is 132 Å². The summed E-state index contributed by atoms with van der Waals surface area (Å²) in [5.74, 6) is 0. The van der Waals surface area contributed by atoms with E-state index in [1.165, 1.54) is 0 Å². The molecule has 6 nitrogen and oxygen atoms in total. The minimum atomic E-state index is 0.550. The fourth-order valence-corrected chi connectivity index (χ4v) is 11.0. The SMILES string of the molecule is N#Cc1c(-n2c3cccc4c5cccnc5c5cccc2c5c43)c(-c2ccccc2)c(-c2ccccc2)c(-c2ccccc2)c1-n1c2ccnc3c4ccccc4c4nccc1c4c32. The lowest BCUT2D eigenvalue weighted by Crippen LogP contribution is -2.11. The topological polar surface area (TPSA) is 72.3 Å². The van der Waals surface area contributed by atoms with Crippen LogP contribution in [0.25, 0.3) is 132 Å². The van der Waals surface area contributed by atoms with Crippen LogP contribution in [0.3, 0.4) is 0 Å². The molecular weight excluding hydrogens is 781 g/mol. The third-order valence-corrected chi connectivity index (χ3v) is 13.4. The van der Waals surface area contributed by atoms with Crippen LogP contribution in [-0.4, -0.2) is 24.1 Å². The number of pyridine rings is 3. The summed E-state index contributed by atoms with van der Waals surface area (Å²) in [5.41, 5.74) is 14.9. The first kappa shape index (κ1) is 34.8. The molecule has 0 saturated carbocycles. The van der Waals surface area contributed by atoms with Gasteiger partial charge in [-0.15, -0.1) is 0 Å². The Bertz CT molecular complexity index is 3820. The minimum absolute atomic E-state index is 0.550. The Hall–Kier alpha value is -8.92. The average Bonchev–Trinajstić information content (AvgIpc) is 3.89. The Morgan fingerprint density at radius 2 is 0.734 bits per heavy atom. The molecule has 9 aromatic carbocycles. The maximum Gasteiger partial charge on any atom is 0.104 e. The van der Waals surface area contributed by atoms with Crippen molar-refractivity contribution in [3.8, 4) is 50.8 Å². The fourth-order valence-electron chi connectivity index (χ4n) is 11.0. The first-order chi connectivity index (χ1) is 31.8. The van der Waals surface area contributed by atoms with Crippen LogP contribution < -0.4 is 0 Å². The van der Waals surface area contributed by atoms with Gasteiger partial charge in [0.25, 0.3) is 0 Å². The van der Waals surface area contributed by atoms with Crippen LogP contribution in [0.2, 0.25) is 0 Å². The number of nitrogens with zero attached hydrogens (tertiary/aromatic N) is 6. The zero-order valence-electron chi connectivity index (χ0n) is 34.2. The van der Waals surface area contributed by atoms with Gasteiger partial charge in [-0.25, -0.2) is 0 Å². The lowest BCUT2D eigenvalue weighted by Gasteiger charge is -2.27. The van der Waals surface area contributed by atoms with Gasteiger partial charge in [0.1, 0.15) is 11.6 Å². The summed E-state index contributed by atoms with van der Waals surface area (Å²) in [6.07, 6.45) is 5.70. The number of fused-ring (bicyclic) bond motifs is 6. The van der Waals surface area contributed by atoms with E-state index < -0.39 is 0 Å². The van der Waals surface area contributed by atoms with E-state index in [9.17, 15) is 5.26 Å². The van der Waals surface area contributed by atoms with E-state index in [-0.39, 0.29) is 0 Å². The first-order valence-electron chi connectivity index (χ1n) is 21.5. The molecular formula is C58H32N6. The lowest BCUT2D eigenvalue weighted by molar-refractivity contribution is 1.12. The van der Waals surface area contributed by atoms with Crippen molar-refractivity contribution in [1.29, 1.82) is 5.26 Å². The van der Waals surface area contributed by atoms with Gasteiger partial charge in [0.2, 0.25) is 0 Å². The predicted molar refractivity (Wildman–Crippen MR) is 262 cm³/mol. The molecule has 64 heavy (non-hydrogen) atoms. The molecule has 0 radical (unpaired) electrons. The highest BCUT2D eigenvalue weighted by atomic mass is 15.0. The second-order valence-electron chi connectivity index (χ2n) is 16.5. The fraction of sp³-hybridized carbons (Fsp3) is 0. The number of benzene rings is 9. The molecule has 0 aliphatic heterocycles. The number of rotatable bonds is 5. The molecule has 0 amide bonds. The van der Waals surface area contributed by atoms with Gasteiger partial charge in [-0.05, 0) is 52.4 Å². The Morgan fingerprint density at radius 1 is 0.328 bits per heavy atom. The van der Waals surface area contributed by atoms with Crippen LogP contribution in [0, 0.1) is 11.3 Å². The molecule has 0 aliphatic rings. The molecule has 0 N–H and O–H groups in total. The molecule has 0 bridgehead atoms. The molecule has 6 heteroatoms. The van der Waals surface area contributed by atoms with E-state index in [1.54, 1.807) is 0 Å². The highest BCUT2D eigenvalue weighted by Gasteiger charge is 2.33. The van der Waals surface area contributed by atoms with E-state index >= 15 is 0 Å². The summed E-state index contributed by atoms with van der Waals surface area (Å²) in [6, 6.07) is 64.7. The van der Waals surface area contributed by atoms with Crippen LogP contribution >= 0.6 is 0 Å². The second kappa shape index (κ2) is 13.0. The molecule has 0 atom stereocenters. The van der Waals surface area contributed by atoms with Crippen LogP contribution in [0.1, 0.15) is 5.56 Å². The van der Waals surface area contributed by atoms with Gasteiger partial charge >= 0.3 is 0 Å². The van der Waals surface area contributed by atoms with Crippen molar-refractivity contribution in [2.75, 3.05) is 0 Å². The van der Waals surface area contributed by atoms with E-state index in [4.69, 9.17) is 15.0 Å². The Kier molecular flexibility index (Phi) is 7.08. The van der Waals surface area contributed by atoms with Crippen molar-refractivity contribution in [2.45, 2.75) is 0 Å². The Labute approximate surface area is 365 Å². The van der Waals surface area contributed by atoms with Gasteiger partial charge < -0.3 is 9.13 Å². The molecule has 0 spiro atoms. The monoisotopic (exact) mass is 812 g/mol. The van der Waals surface area contributed by atoms with Gasteiger partial charge in [0, 0.05) is 78.4 Å². The summed E-state index contributed by atoms with van der Waals surface area (Å²) >= 11 is 0. The zero-order chi connectivity index (χ0) is 42.0. The number of hydrogen-bond acceptors (Lipinski definition) is 4. The van der Waals surface area contributed by atoms with E-state index in [0.29, 0.717) is 5.56 Å². The molecule has 14 aromatic rings. The van der Waals surface area contributed by atoms with Crippen molar-refractivity contribution in [3.05, 3.63) is 200 Å². The van der Waals surface area contributed by atoms with Crippen LogP contribution in [-0.2, 0) is 0 Å². The van der Waals surface area contributed by atoms with Gasteiger partial charge in [0.05, 0.1) is 50.0 Å². The van der Waals surface area contributed by atoms with Crippen molar-refractivity contribution < 1.29 is 0 Å². The molecule has 5 heterocycles. The number of nitriles is 1. The second-order valence-corrected chi connectivity index (χ2v) is 16.5. The largest absolute Gasteiger partial charge is 0.307 e. The highest BCUT2D eigenvalue weighted by molar-refractivity contribution is 6.35. The van der Waals surface area contributed by atoms with Gasteiger partial charge in [-0.3, -0.25) is 15.0 Å². The zero-order valence-corrected chi connectivity index (χ0v) is 34.2. The molecule has 0 unspecified atom stereocenters. The Balaban J connectivity index is 1.30. The highest BCUT2D eigenvalue weighted by Crippen LogP contribution is 2.54. The molecule has 0 fully saturated rings. The van der Waals surface area contributed by atoms with E-state index in [1.807, 2.05) is 24.7 Å². The average molecular weight is 813 g/mol. The molecule has 14 rings (SSSR count). The van der Waals surface area contributed by atoms with Gasteiger partial charge in [-0.1, -0.05) is 146 Å². The standard InChI is InChI=1S/C58H32N6/c59-33-42-57(63-43-26-12-23-37-38-25-14-30-60-54(38)41-24-13-27-44(63)51(41)50(37)43)48(35-17-6-2-7-18-35)47(34-15-4-1-5-16-34)49(36-19-8-3-9-20-36)58(42)64-45-28-31-61-55-39-21-10-11-22-40(39)56-53(52(45)55)46(64)29-32-62-56/h1-32H. The smallest absolute Gasteiger partial charge is 0.104 e. The van der Waals surface area contributed by atoms with Crippen molar-refractivity contribution in [3.63, 3.8) is 0 Å². The van der Waals surface area contributed by atoms with Crippen LogP contribution in [0.5, 0.6) is 0 Å². The van der Waals surface area contributed by atoms with Crippen molar-refractivity contribution in [2.24, 2.45) is 0 Å². The summed E-state index contributed by atoms with van der Waals surface area (Å²) < 4.78 is 4.71. The van der Waals surface area contributed by atoms with Crippen LogP contribution in [0.15, 0.2) is 195 Å². The summed E-state index contributed by atoms with van der Waals surface area (Å²) in [5, 5.41) is 22.1. The number of aromatic nitrogens is 5. The lowest BCUT2D eigenvalue weighted by atomic mass is 9.82. The van der Waals surface area contributed by atoms with Crippen LogP contribution in [0.4, 0.5) is 0 Å². The molecule has 5 aromatic heterocycles. The Morgan fingerprint density at radius 3 is 1.27 bits per heavy atom. The third-order valence-electron chi connectivity index (χ3n) is 13.4. The van der Waals surface area contributed by atoms with Crippen molar-refractivity contribution in [1.82, 2.24) is 24.1 Å². The number of hydrogen-bond donors (Lipinski definition) is 0. The minimum Gasteiger partial charge on any atom is -0.307 e. The van der Waals surface area contributed by atoms with Gasteiger partial charge in [-0.2, -0.15) is 5.26 Å². The molecule has 0 saturated heterocycles. The maximum atomic E-state index is 12.3. The first-order valence-corrected chi connectivity index (χ1v) is 21.5. The maximum absolute atomic E-state index is 12.3. The summed E-state index contributed by atoms with van der Waals surface area (Å²) in [6.45, 7) is 0. The van der Waals surface area contributed by atoms with Crippen molar-refractivity contribution >= 4 is 87.1 Å². The summed E-state index contributed by atoms with van der Waals surface area (Å²) in [4.78, 5) is 15.1. The summed E-state index contributed by atoms with van der Waals surface area (Å²) in [7, 11) is 0.